The molecule has 0 bridgehead atoms. The van der Waals surface area contributed by atoms with E-state index in [1.807, 2.05) is 6.92 Å². The van der Waals surface area contributed by atoms with E-state index in [1.54, 1.807) is 24.3 Å². The van der Waals surface area contributed by atoms with E-state index in [2.05, 4.69) is 39.9 Å². The van der Waals surface area contributed by atoms with E-state index < -0.39 is 31.7 Å². The van der Waals surface area contributed by atoms with Gasteiger partial charge in [0.2, 0.25) is 0 Å². The average Bonchev–Trinajstić information content (AvgIpc) is 2.99. The van der Waals surface area contributed by atoms with Gasteiger partial charge in [0.1, 0.15) is 17.6 Å². The van der Waals surface area contributed by atoms with Crippen molar-refractivity contribution in [1.29, 1.82) is 5.26 Å². The van der Waals surface area contributed by atoms with Crippen LogP contribution in [0.5, 0.6) is 34.5 Å². The Morgan fingerprint density at radius 3 is 1.63 bits per heavy atom. The Balaban J connectivity index is 2.95. The van der Waals surface area contributed by atoms with Crippen molar-refractivity contribution in [3.05, 3.63) is 35.4 Å². The summed E-state index contributed by atoms with van der Waals surface area (Å²) in [5, 5.41) is 10.9. The van der Waals surface area contributed by atoms with E-state index in [0.29, 0.717) is 45.6 Å². The zero-order chi connectivity index (χ0) is 32.8. The molecule has 0 heterocycles. The van der Waals surface area contributed by atoms with Crippen LogP contribution in [-0.2, 0) is 26.0 Å². The summed E-state index contributed by atoms with van der Waals surface area (Å²) in [6.07, 6.45) is 0.150. The number of hydrogen-bond donors (Lipinski definition) is 0. The van der Waals surface area contributed by atoms with Crippen LogP contribution in [0, 0.1) is 23.2 Å². The van der Waals surface area contributed by atoms with E-state index in [4.69, 9.17) is 37.6 Å². The number of carbonyl (C=O) groups is 1. The third-order valence-electron chi connectivity index (χ3n) is 8.47. The van der Waals surface area contributed by atoms with Crippen molar-refractivity contribution in [2.75, 3.05) is 49.8 Å². The van der Waals surface area contributed by atoms with Gasteiger partial charge < -0.3 is 37.6 Å². The highest BCUT2D eigenvalue weighted by Gasteiger charge is 2.53. The number of methoxy groups -OCH3 is 7. The van der Waals surface area contributed by atoms with E-state index >= 15 is 0 Å². The Morgan fingerprint density at radius 2 is 1.21 bits per heavy atom. The zero-order valence-corrected chi connectivity index (χ0v) is 28.8. The molecule has 2 aromatic rings. The Labute approximate surface area is 257 Å². The first-order valence-corrected chi connectivity index (χ1v) is 16.8. The van der Waals surface area contributed by atoms with Crippen LogP contribution in [0.4, 0.5) is 0 Å². The number of rotatable bonds is 14. The predicted octanol–water partition coefficient (Wildman–Crippen LogP) is 6.15. The van der Waals surface area contributed by atoms with Crippen LogP contribution in [0.2, 0.25) is 18.1 Å². The monoisotopic (exact) mass is 617 g/mol. The molecule has 238 valence electrons. The quantitative estimate of drug-likeness (QED) is 0.181. The molecular formula is C32H47NO9Si. The van der Waals surface area contributed by atoms with Crippen molar-refractivity contribution in [1.82, 2.24) is 0 Å². The van der Waals surface area contributed by atoms with Gasteiger partial charge in [-0.1, -0.05) is 27.7 Å². The smallest absolute Gasteiger partial charge is 0.309 e. The third kappa shape index (κ3) is 7.13. The molecule has 0 fully saturated rings. The van der Waals surface area contributed by atoms with Crippen LogP contribution in [-0.4, -0.2) is 64.1 Å². The normalized spacial score (nSPS) is 14.4. The van der Waals surface area contributed by atoms with Crippen molar-refractivity contribution >= 4 is 14.3 Å². The molecule has 0 N–H and O–H groups in total. The SMILES string of the molecule is COC(=O)C(Cc1cc(OC)c(OC)cc1OC)C(C)C(C#N)(O[Si](C)(C)C(C)(C)C)c1cc(OC)c(OC)cc1OC. The lowest BCUT2D eigenvalue weighted by Crippen LogP contribution is -2.53. The fourth-order valence-corrected chi connectivity index (χ4v) is 6.29. The van der Waals surface area contributed by atoms with Crippen LogP contribution in [0.1, 0.15) is 38.8 Å². The minimum Gasteiger partial charge on any atom is -0.496 e. The highest BCUT2D eigenvalue weighted by Crippen LogP contribution is 2.51. The lowest BCUT2D eigenvalue weighted by molar-refractivity contribution is -0.150. The first kappa shape index (κ1) is 35.6. The molecule has 3 unspecified atom stereocenters. The topological polar surface area (TPSA) is 115 Å². The molecule has 0 aliphatic heterocycles. The Bertz CT molecular complexity index is 1320. The second kappa shape index (κ2) is 14.2. The minimum absolute atomic E-state index is 0.150. The lowest BCUT2D eigenvalue weighted by Gasteiger charge is -2.46. The molecule has 0 aliphatic rings. The first-order valence-electron chi connectivity index (χ1n) is 13.9. The zero-order valence-electron chi connectivity index (χ0n) is 27.8. The summed E-state index contributed by atoms with van der Waals surface area (Å²) in [5.41, 5.74) is -0.585. The van der Waals surface area contributed by atoms with Gasteiger partial charge in [0, 0.05) is 23.6 Å². The van der Waals surface area contributed by atoms with Crippen LogP contribution in [0.3, 0.4) is 0 Å². The molecule has 11 heteroatoms. The van der Waals surface area contributed by atoms with Gasteiger partial charge in [0.15, 0.2) is 36.9 Å². The molecule has 2 rings (SSSR count). The summed E-state index contributed by atoms with van der Waals surface area (Å²) in [6.45, 7) is 12.2. The molecule has 43 heavy (non-hydrogen) atoms. The fraction of sp³-hybridized carbons (Fsp3) is 0.562. The molecule has 0 aromatic heterocycles. The summed E-state index contributed by atoms with van der Waals surface area (Å²) < 4.78 is 46.0. The maximum Gasteiger partial charge on any atom is 0.309 e. The summed E-state index contributed by atoms with van der Waals surface area (Å²) in [5.74, 6) is 0.487. The fourth-order valence-electron chi connectivity index (χ4n) is 4.84. The van der Waals surface area contributed by atoms with Crippen molar-refractivity contribution in [3.63, 3.8) is 0 Å². The molecule has 3 atom stereocenters. The minimum atomic E-state index is -2.68. The largest absolute Gasteiger partial charge is 0.496 e. The molecule has 10 nitrogen and oxygen atoms in total. The van der Waals surface area contributed by atoms with Gasteiger partial charge in [-0.05, 0) is 42.2 Å². The molecule has 0 radical (unpaired) electrons. The van der Waals surface area contributed by atoms with E-state index in [0.717, 1.165) is 0 Å². The van der Waals surface area contributed by atoms with Crippen LogP contribution >= 0.6 is 0 Å². The first-order chi connectivity index (χ1) is 20.1. The van der Waals surface area contributed by atoms with Gasteiger partial charge in [0.25, 0.3) is 0 Å². The highest BCUT2D eigenvalue weighted by molar-refractivity contribution is 6.74. The Kier molecular flexibility index (Phi) is 11.8. The van der Waals surface area contributed by atoms with Gasteiger partial charge in [-0.15, -0.1) is 0 Å². The average molecular weight is 618 g/mol. The van der Waals surface area contributed by atoms with Gasteiger partial charge >= 0.3 is 5.97 Å². The number of esters is 1. The molecule has 0 spiro atoms. The van der Waals surface area contributed by atoms with Gasteiger partial charge in [0.05, 0.1) is 55.7 Å². The molecule has 0 aliphatic carbocycles. The Hall–Kier alpha value is -3.62. The molecule has 0 amide bonds. The van der Waals surface area contributed by atoms with E-state index in [1.165, 1.54) is 49.8 Å². The van der Waals surface area contributed by atoms with Crippen molar-refractivity contribution in [2.24, 2.45) is 11.8 Å². The number of carbonyl (C=O) groups excluding carboxylic acids is 1. The molecule has 2 aromatic carbocycles. The number of benzene rings is 2. The number of nitriles is 1. The summed E-state index contributed by atoms with van der Waals surface area (Å²) >= 11 is 0. The van der Waals surface area contributed by atoms with Gasteiger partial charge in [-0.25, -0.2) is 0 Å². The third-order valence-corrected chi connectivity index (χ3v) is 12.9. The van der Waals surface area contributed by atoms with Crippen molar-refractivity contribution in [2.45, 2.75) is 57.8 Å². The predicted molar refractivity (Wildman–Crippen MR) is 166 cm³/mol. The Morgan fingerprint density at radius 1 is 0.767 bits per heavy atom. The second-order valence-corrected chi connectivity index (χ2v) is 16.5. The maximum atomic E-state index is 13.6. The van der Waals surface area contributed by atoms with Crippen LogP contribution in [0.15, 0.2) is 24.3 Å². The lowest BCUT2D eigenvalue weighted by atomic mass is 9.73. The standard InChI is InChI=1S/C32H47NO9Si/c1-20(22(30(34)41-11)14-21-15-26(37-7)28(39-9)17-24(21)35-5)32(19-33,42-43(12,13)31(2,3)4)23-16-27(38-8)29(40-10)18-25(23)36-6/h15-18,20,22H,14H2,1-13H3. The molecule has 0 saturated heterocycles. The molecular weight excluding hydrogens is 570 g/mol. The summed E-state index contributed by atoms with van der Waals surface area (Å²) in [7, 11) is 7.79. The van der Waals surface area contributed by atoms with Crippen molar-refractivity contribution in [3.8, 4) is 40.6 Å². The summed E-state index contributed by atoms with van der Waals surface area (Å²) in [4.78, 5) is 13.6. The van der Waals surface area contributed by atoms with Crippen LogP contribution < -0.4 is 28.4 Å². The van der Waals surface area contributed by atoms with Crippen LogP contribution in [0.25, 0.3) is 0 Å². The number of nitrogens with zero attached hydrogens (tertiary/aromatic N) is 1. The maximum absolute atomic E-state index is 13.6. The molecule has 0 saturated carbocycles. The van der Waals surface area contributed by atoms with E-state index in [-0.39, 0.29) is 11.5 Å². The van der Waals surface area contributed by atoms with Gasteiger partial charge in [-0.2, -0.15) is 5.26 Å². The number of hydrogen-bond acceptors (Lipinski definition) is 10. The van der Waals surface area contributed by atoms with E-state index in [9.17, 15) is 10.1 Å². The second-order valence-electron chi connectivity index (χ2n) is 11.8. The number of ether oxygens (including phenoxy) is 7. The van der Waals surface area contributed by atoms with Crippen molar-refractivity contribution < 1.29 is 42.4 Å². The van der Waals surface area contributed by atoms with Gasteiger partial charge in [-0.3, -0.25) is 4.79 Å². The highest BCUT2D eigenvalue weighted by atomic mass is 28.4. The summed E-state index contributed by atoms with van der Waals surface area (Å²) in [6, 6.07) is 9.31.